The molecule has 1 amide bonds. The quantitative estimate of drug-likeness (QED) is 0.662. The molecular weight excluding hydrogens is 453 g/mol. The average Bonchev–Trinajstić information content (AvgIpc) is 2.80. The Hall–Kier alpha value is -2.16. The maximum atomic E-state index is 14.0. The number of sulfonamides is 1. The Morgan fingerprint density at radius 1 is 0.906 bits per heavy atom. The molecular formula is C23H27ClFN3O3S. The number of hydrogen-bond acceptors (Lipinski definition) is 4. The molecule has 172 valence electrons. The molecule has 0 radical (unpaired) electrons. The van der Waals surface area contributed by atoms with E-state index < -0.39 is 21.7 Å². The van der Waals surface area contributed by atoms with E-state index in [9.17, 15) is 17.6 Å². The molecule has 0 bridgehead atoms. The number of carbonyl (C=O) groups excluding carboxylic acids is 1. The lowest BCUT2D eigenvalue weighted by atomic mass is 10.1. The van der Waals surface area contributed by atoms with Crippen molar-refractivity contribution in [1.82, 2.24) is 4.31 Å². The van der Waals surface area contributed by atoms with Gasteiger partial charge in [-0.3, -0.25) is 4.79 Å². The first-order chi connectivity index (χ1) is 15.4. The van der Waals surface area contributed by atoms with Crippen molar-refractivity contribution in [3.05, 3.63) is 52.8 Å². The Balaban J connectivity index is 1.61. The van der Waals surface area contributed by atoms with Gasteiger partial charge in [-0.05, 0) is 68.5 Å². The van der Waals surface area contributed by atoms with E-state index in [0.29, 0.717) is 18.8 Å². The van der Waals surface area contributed by atoms with Crippen LogP contribution in [0.5, 0.6) is 0 Å². The van der Waals surface area contributed by atoms with Crippen molar-refractivity contribution in [2.75, 3.05) is 36.4 Å². The lowest BCUT2D eigenvalue weighted by Crippen LogP contribution is -2.35. The SMILES string of the molecule is O=C(Nc1cc(F)ccc1N1CCCCC1)c1ccc(Cl)c(S(=O)(=O)N2CCCCC2)c1. The number of nitrogens with zero attached hydrogens (tertiary/aromatic N) is 2. The van der Waals surface area contributed by atoms with Crippen molar-refractivity contribution in [1.29, 1.82) is 0 Å². The van der Waals surface area contributed by atoms with E-state index in [1.54, 1.807) is 6.07 Å². The van der Waals surface area contributed by atoms with E-state index in [4.69, 9.17) is 11.6 Å². The fourth-order valence-electron chi connectivity index (χ4n) is 4.30. The zero-order valence-corrected chi connectivity index (χ0v) is 19.4. The third-order valence-corrected chi connectivity index (χ3v) is 8.41. The van der Waals surface area contributed by atoms with E-state index in [-0.39, 0.29) is 15.5 Å². The van der Waals surface area contributed by atoms with Gasteiger partial charge in [0.15, 0.2) is 0 Å². The van der Waals surface area contributed by atoms with Crippen LogP contribution < -0.4 is 10.2 Å². The molecule has 0 saturated carbocycles. The molecule has 2 saturated heterocycles. The highest BCUT2D eigenvalue weighted by Crippen LogP contribution is 2.31. The van der Waals surface area contributed by atoms with Crippen LogP contribution in [0.4, 0.5) is 15.8 Å². The zero-order valence-electron chi connectivity index (χ0n) is 17.8. The van der Waals surface area contributed by atoms with Crippen LogP contribution in [0.15, 0.2) is 41.3 Å². The first kappa shape index (κ1) is 23.0. The van der Waals surface area contributed by atoms with Crippen LogP contribution in [0.25, 0.3) is 0 Å². The monoisotopic (exact) mass is 479 g/mol. The van der Waals surface area contributed by atoms with Gasteiger partial charge >= 0.3 is 0 Å². The van der Waals surface area contributed by atoms with Gasteiger partial charge in [0.25, 0.3) is 5.91 Å². The number of anilines is 2. The minimum atomic E-state index is -3.80. The number of nitrogens with one attached hydrogen (secondary N) is 1. The van der Waals surface area contributed by atoms with Crippen molar-refractivity contribution in [3.63, 3.8) is 0 Å². The minimum Gasteiger partial charge on any atom is -0.370 e. The van der Waals surface area contributed by atoms with Gasteiger partial charge in [0, 0.05) is 31.7 Å². The van der Waals surface area contributed by atoms with E-state index in [2.05, 4.69) is 10.2 Å². The minimum absolute atomic E-state index is 0.0758. The van der Waals surface area contributed by atoms with E-state index in [0.717, 1.165) is 57.3 Å². The summed E-state index contributed by atoms with van der Waals surface area (Å²) >= 11 is 6.22. The van der Waals surface area contributed by atoms with Gasteiger partial charge in [0.2, 0.25) is 10.0 Å². The molecule has 0 spiro atoms. The van der Waals surface area contributed by atoms with Gasteiger partial charge in [-0.1, -0.05) is 18.0 Å². The summed E-state index contributed by atoms with van der Waals surface area (Å²) in [6.07, 6.45) is 5.83. The van der Waals surface area contributed by atoms with Gasteiger partial charge in [-0.15, -0.1) is 0 Å². The number of benzene rings is 2. The maximum Gasteiger partial charge on any atom is 0.255 e. The van der Waals surface area contributed by atoms with Gasteiger partial charge in [-0.2, -0.15) is 4.31 Å². The molecule has 2 aromatic rings. The smallest absolute Gasteiger partial charge is 0.255 e. The molecule has 1 N–H and O–H groups in total. The molecule has 0 unspecified atom stereocenters. The molecule has 6 nitrogen and oxygen atoms in total. The normalized spacial score (nSPS) is 17.9. The van der Waals surface area contributed by atoms with Crippen LogP contribution in [-0.2, 0) is 10.0 Å². The number of carbonyl (C=O) groups is 1. The van der Waals surface area contributed by atoms with Crippen LogP contribution >= 0.6 is 11.6 Å². The van der Waals surface area contributed by atoms with Crippen LogP contribution in [-0.4, -0.2) is 44.8 Å². The number of piperidine rings is 2. The topological polar surface area (TPSA) is 69.7 Å². The number of hydrogen-bond donors (Lipinski definition) is 1. The van der Waals surface area contributed by atoms with E-state index in [1.165, 1.54) is 34.6 Å². The third kappa shape index (κ3) is 4.92. The third-order valence-electron chi connectivity index (χ3n) is 6.03. The van der Waals surface area contributed by atoms with E-state index >= 15 is 0 Å². The van der Waals surface area contributed by atoms with Crippen molar-refractivity contribution >= 4 is 38.9 Å². The highest BCUT2D eigenvalue weighted by atomic mass is 35.5. The Kier molecular flexibility index (Phi) is 7.02. The fraction of sp³-hybridized carbons (Fsp3) is 0.435. The van der Waals surface area contributed by atoms with Crippen molar-refractivity contribution in [2.24, 2.45) is 0 Å². The molecule has 2 aromatic carbocycles. The summed E-state index contributed by atoms with van der Waals surface area (Å²) in [7, 11) is -3.80. The number of rotatable bonds is 5. The molecule has 0 aromatic heterocycles. The summed E-state index contributed by atoms with van der Waals surface area (Å²) in [4.78, 5) is 15.1. The Morgan fingerprint density at radius 3 is 2.25 bits per heavy atom. The van der Waals surface area contributed by atoms with Crippen LogP contribution in [0.2, 0.25) is 5.02 Å². The van der Waals surface area contributed by atoms with Gasteiger partial charge in [0.05, 0.1) is 16.4 Å². The Labute approximate surface area is 193 Å². The summed E-state index contributed by atoms with van der Waals surface area (Å²) in [6, 6.07) is 8.55. The summed E-state index contributed by atoms with van der Waals surface area (Å²) in [5.74, 6) is -0.967. The van der Waals surface area contributed by atoms with E-state index in [1.807, 2.05) is 0 Å². The van der Waals surface area contributed by atoms with Gasteiger partial charge < -0.3 is 10.2 Å². The predicted octanol–water partition coefficient (Wildman–Crippen LogP) is 4.90. The number of amides is 1. The second kappa shape index (κ2) is 9.77. The molecule has 9 heteroatoms. The molecule has 0 atom stereocenters. The first-order valence-corrected chi connectivity index (χ1v) is 12.8. The summed E-state index contributed by atoms with van der Waals surface area (Å²) in [5, 5.41) is 2.85. The average molecular weight is 480 g/mol. The van der Waals surface area contributed by atoms with Crippen molar-refractivity contribution in [2.45, 2.75) is 43.4 Å². The zero-order chi connectivity index (χ0) is 22.7. The van der Waals surface area contributed by atoms with Crippen LogP contribution in [0, 0.1) is 5.82 Å². The summed E-state index contributed by atoms with van der Waals surface area (Å²) in [6.45, 7) is 2.57. The molecule has 2 aliphatic heterocycles. The highest BCUT2D eigenvalue weighted by molar-refractivity contribution is 7.89. The van der Waals surface area contributed by atoms with Gasteiger partial charge in [-0.25, -0.2) is 12.8 Å². The summed E-state index contributed by atoms with van der Waals surface area (Å²) < 4.78 is 41.6. The van der Waals surface area contributed by atoms with Crippen LogP contribution in [0.1, 0.15) is 48.9 Å². The second-order valence-corrected chi connectivity index (χ2v) is 10.6. The second-order valence-electron chi connectivity index (χ2n) is 8.27. The standard InChI is InChI=1S/C23H27ClFN3O3S/c24-19-9-7-17(15-22(19)32(30,31)28-13-5-2-6-14-28)23(29)26-20-16-18(25)8-10-21(20)27-11-3-1-4-12-27/h7-10,15-16H,1-6,11-14H2,(H,26,29). The van der Waals surface area contributed by atoms with Crippen LogP contribution in [0.3, 0.4) is 0 Å². The number of halogens is 2. The fourth-order valence-corrected chi connectivity index (χ4v) is 6.32. The Morgan fingerprint density at radius 2 is 1.56 bits per heavy atom. The molecule has 0 aliphatic carbocycles. The largest absolute Gasteiger partial charge is 0.370 e. The lowest BCUT2D eigenvalue weighted by molar-refractivity contribution is 0.102. The summed E-state index contributed by atoms with van der Waals surface area (Å²) in [5.41, 5.74) is 1.28. The molecule has 4 rings (SSSR count). The molecule has 2 heterocycles. The molecule has 2 aliphatic rings. The Bertz CT molecular complexity index is 1100. The molecule has 32 heavy (non-hydrogen) atoms. The van der Waals surface area contributed by atoms with Crippen molar-refractivity contribution < 1.29 is 17.6 Å². The van der Waals surface area contributed by atoms with Crippen molar-refractivity contribution in [3.8, 4) is 0 Å². The maximum absolute atomic E-state index is 14.0. The predicted molar refractivity (Wildman–Crippen MR) is 124 cm³/mol. The van der Waals surface area contributed by atoms with Gasteiger partial charge in [0.1, 0.15) is 10.7 Å². The first-order valence-electron chi connectivity index (χ1n) is 11.0. The highest BCUT2D eigenvalue weighted by Gasteiger charge is 2.29. The molecule has 2 fully saturated rings. The lowest BCUT2D eigenvalue weighted by Gasteiger charge is -2.30.